The normalized spacial score (nSPS) is 11.4. The number of ether oxygens (including phenoxy) is 1. The number of fused-ring (bicyclic) bond motifs is 4. The maximum Gasteiger partial charge on any atom is 0.128 e. The first-order chi connectivity index (χ1) is 18.3. The van der Waals surface area contributed by atoms with Crippen molar-refractivity contribution in [3.05, 3.63) is 127 Å². The second-order valence-corrected chi connectivity index (χ2v) is 9.16. The number of pyridine rings is 1. The number of methoxy groups -OCH3 is 1. The Labute approximate surface area is 215 Å². The molecule has 5 aromatic carbocycles. The average molecular weight is 477 g/mol. The van der Waals surface area contributed by atoms with Crippen LogP contribution in [0.3, 0.4) is 0 Å². The van der Waals surface area contributed by atoms with Crippen LogP contribution in [-0.2, 0) is 0 Å². The van der Waals surface area contributed by atoms with E-state index in [-0.39, 0.29) is 0 Å². The Morgan fingerprint density at radius 3 is 1.92 bits per heavy atom. The summed E-state index contributed by atoms with van der Waals surface area (Å²) in [5.74, 6) is 0.808. The minimum absolute atomic E-state index is 0.808. The number of aromatic nitrogens is 2. The molecule has 0 fully saturated rings. The third-order valence-corrected chi connectivity index (χ3v) is 7.11. The van der Waals surface area contributed by atoms with E-state index in [1.807, 2.05) is 18.2 Å². The van der Waals surface area contributed by atoms with Crippen LogP contribution in [0.15, 0.2) is 127 Å². The molecule has 37 heavy (non-hydrogen) atoms. The monoisotopic (exact) mass is 476 g/mol. The number of benzene rings is 5. The molecule has 176 valence electrons. The summed E-state index contributed by atoms with van der Waals surface area (Å²) >= 11 is 0. The van der Waals surface area contributed by atoms with Gasteiger partial charge in [-0.25, -0.2) is 4.98 Å². The summed E-state index contributed by atoms with van der Waals surface area (Å²) in [6, 6.07) is 44.5. The highest BCUT2D eigenvalue weighted by Crippen LogP contribution is 2.39. The van der Waals surface area contributed by atoms with Gasteiger partial charge in [0.2, 0.25) is 0 Å². The van der Waals surface area contributed by atoms with Gasteiger partial charge in [-0.15, -0.1) is 0 Å². The molecule has 3 heteroatoms. The van der Waals surface area contributed by atoms with Crippen LogP contribution in [0, 0.1) is 0 Å². The summed E-state index contributed by atoms with van der Waals surface area (Å²) in [6.45, 7) is 0. The minimum Gasteiger partial charge on any atom is -0.496 e. The second kappa shape index (κ2) is 8.65. The van der Waals surface area contributed by atoms with Gasteiger partial charge in [0.15, 0.2) is 0 Å². The molecule has 7 aromatic rings. The van der Waals surface area contributed by atoms with E-state index in [0.717, 1.165) is 44.7 Å². The molecule has 0 saturated heterocycles. The van der Waals surface area contributed by atoms with Crippen LogP contribution in [0.25, 0.3) is 60.8 Å². The van der Waals surface area contributed by atoms with Gasteiger partial charge in [-0.3, -0.25) is 0 Å². The van der Waals surface area contributed by atoms with Gasteiger partial charge in [0.05, 0.1) is 35.0 Å². The molecule has 2 heterocycles. The smallest absolute Gasteiger partial charge is 0.128 e. The van der Waals surface area contributed by atoms with Gasteiger partial charge in [-0.1, -0.05) is 91.0 Å². The summed E-state index contributed by atoms with van der Waals surface area (Å²) in [7, 11) is 1.71. The Morgan fingerprint density at radius 2 is 1.19 bits per heavy atom. The number of nitrogens with zero attached hydrogens (tertiary/aromatic N) is 2. The van der Waals surface area contributed by atoms with E-state index in [1.165, 1.54) is 21.8 Å². The Bertz CT molecular complexity index is 1860. The van der Waals surface area contributed by atoms with Crippen molar-refractivity contribution in [2.24, 2.45) is 0 Å². The molecule has 0 bridgehead atoms. The number of rotatable bonds is 4. The molecule has 0 radical (unpaired) electrons. The van der Waals surface area contributed by atoms with Gasteiger partial charge in [0.1, 0.15) is 5.75 Å². The molecule has 0 N–H and O–H groups in total. The standard InChI is InChI=1S/C34H24N2O/c1-37-33-21-10-7-16-27(33)29-22-28(23-12-3-2-4-13-23)26-17-11-20-32(34(26)35-29)36-30-18-8-5-14-24(30)25-15-6-9-19-31(25)36/h2-22H,1H3. The van der Waals surface area contributed by atoms with Crippen LogP contribution in [0.5, 0.6) is 5.75 Å². The predicted octanol–water partition coefficient (Wildman–Crippen LogP) is 8.67. The lowest BCUT2D eigenvalue weighted by molar-refractivity contribution is 0.416. The van der Waals surface area contributed by atoms with E-state index in [0.29, 0.717) is 0 Å². The number of hydrogen-bond acceptors (Lipinski definition) is 2. The fourth-order valence-corrected chi connectivity index (χ4v) is 5.45. The summed E-state index contributed by atoms with van der Waals surface area (Å²) in [4.78, 5) is 5.31. The first-order valence-corrected chi connectivity index (χ1v) is 12.4. The zero-order valence-electron chi connectivity index (χ0n) is 20.4. The maximum atomic E-state index is 5.73. The molecule has 0 atom stereocenters. The molecular formula is C34H24N2O. The molecule has 2 aromatic heterocycles. The second-order valence-electron chi connectivity index (χ2n) is 9.16. The van der Waals surface area contributed by atoms with Gasteiger partial charge in [-0.05, 0) is 47.5 Å². The average Bonchev–Trinajstić information content (AvgIpc) is 3.31. The highest BCUT2D eigenvalue weighted by molar-refractivity contribution is 6.11. The van der Waals surface area contributed by atoms with E-state index in [2.05, 4.69) is 114 Å². The molecule has 0 amide bonds. The Balaban J connectivity index is 1.63. The van der Waals surface area contributed by atoms with E-state index >= 15 is 0 Å². The summed E-state index contributed by atoms with van der Waals surface area (Å²) in [5, 5.41) is 3.59. The van der Waals surface area contributed by atoms with Crippen molar-refractivity contribution in [1.29, 1.82) is 0 Å². The molecular weight excluding hydrogens is 452 g/mol. The van der Waals surface area contributed by atoms with Crippen molar-refractivity contribution in [2.45, 2.75) is 0 Å². The summed E-state index contributed by atoms with van der Waals surface area (Å²) in [5.41, 5.74) is 8.52. The SMILES string of the molecule is COc1ccccc1-c1cc(-c2ccccc2)c2cccc(-n3c4ccccc4c4ccccc43)c2n1. The fourth-order valence-electron chi connectivity index (χ4n) is 5.45. The third kappa shape index (κ3) is 3.40. The highest BCUT2D eigenvalue weighted by Gasteiger charge is 2.18. The molecule has 0 unspecified atom stereocenters. The van der Waals surface area contributed by atoms with Gasteiger partial charge in [-0.2, -0.15) is 0 Å². The lowest BCUT2D eigenvalue weighted by Gasteiger charge is -2.16. The summed E-state index contributed by atoms with van der Waals surface area (Å²) in [6.07, 6.45) is 0. The molecule has 3 nitrogen and oxygen atoms in total. The molecule has 0 spiro atoms. The van der Waals surface area contributed by atoms with Crippen molar-refractivity contribution in [3.63, 3.8) is 0 Å². The van der Waals surface area contributed by atoms with Crippen LogP contribution in [0.2, 0.25) is 0 Å². The van der Waals surface area contributed by atoms with Gasteiger partial charge in [0, 0.05) is 21.7 Å². The van der Waals surface area contributed by atoms with Crippen LogP contribution in [-0.4, -0.2) is 16.7 Å². The lowest BCUT2D eigenvalue weighted by Crippen LogP contribution is -1.99. The van der Waals surface area contributed by atoms with Crippen molar-refractivity contribution < 1.29 is 4.74 Å². The zero-order chi connectivity index (χ0) is 24.8. The maximum absolute atomic E-state index is 5.73. The van der Waals surface area contributed by atoms with E-state index < -0.39 is 0 Å². The Morgan fingerprint density at radius 1 is 0.568 bits per heavy atom. The van der Waals surface area contributed by atoms with Crippen molar-refractivity contribution in [1.82, 2.24) is 9.55 Å². The zero-order valence-corrected chi connectivity index (χ0v) is 20.4. The Hall–Kier alpha value is -4.89. The van der Waals surface area contributed by atoms with Gasteiger partial charge in [0.25, 0.3) is 0 Å². The largest absolute Gasteiger partial charge is 0.496 e. The first kappa shape index (κ1) is 21.4. The van der Waals surface area contributed by atoms with Crippen molar-refractivity contribution >= 4 is 32.7 Å². The molecule has 7 rings (SSSR count). The topological polar surface area (TPSA) is 27.1 Å². The highest BCUT2D eigenvalue weighted by atomic mass is 16.5. The van der Waals surface area contributed by atoms with E-state index in [4.69, 9.17) is 9.72 Å². The van der Waals surface area contributed by atoms with Crippen LogP contribution >= 0.6 is 0 Å². The number of hydrogen-bond donors (Lipinski definition) is 0. The van der Waals surface area contributed by atoms with E-state index in [1.54, 1.807) is 7.11 Å². The van der Waals surface area contributed by atoms with Crippen molar-refractivity contribution in [2.75, 3.05) is 7.11 Å². The van der Waals surface area contributed by atoms with E-state index in [9.17, 15) is 0 Å². The lowest BCUT2D eigenvalue weighted by atomic mass is 9.97. The Kier molecular flexibility index (Phi) is 5.00. The van der Waals surface area contributed by atoms with Crippen LogP contribution in [0.1, 0.15) is 0 Å². The minimum atomic E-state index is 0.808. The van der Waals surface area contributed by atoms with Gasteiger partial charge >= 0.3 is 0 Å². The molecule has 0 aliphatic carbocycles. The van der Waals surface area contributed by atoms with Crippen LogP contribution in [0.4, 0.5) is 0 Å². The predicted molar refractivity (Wildman–Crippen MR) is 154 cm³/mol. The summed E-state index contributed by atoms with van der Waals surface area (Å²) < 4.78 is 8.08. The molecule has 0 saturated carbocycles. The van der Waals surface area contributed by atoms with Crippen molar-refractivity contribution in [3.8, 4) is 33.8 Å². The fraction of sp³-hybridized carbons (Fsp3) is 0.0294. The first-order valence-electron chi connectivity index (χ1n) is 12.4. The quantitative estimate of drug-likeness (QED) is 0.254. The van der Waals surface area contributed by atoms with Gasteiger partial charge < -0.3 is 9.30 Å². The number of para-hydroxylation sites is 4. The third-order valence-electron chi connectivity index (χ3n) is 7.11. The molecule has 0 aliphatic heterocycles. The molecule has 0 aliphatic rings. The van der Waals surface area contributed by atoms with Crippen LogP contribution < -0.4 is 4.74 Å².